The van der Waals surface area contributed by atoms with Crippen LogP contribution in [-0.2, 0) is 10.0 Å². The Kier molecular flexibility index (Phi) is 4.18. The molecule has 0 saturated carbocycles. The largest absolute Gasteiger partial charge is 0.322 e. The number of carbonyl (C=O) groups is 1. The van der Waals surface area contributed by atoms with Crippen LogP contribution in [0.15, 0.2) is 29.2 Å². The molecular formula is C14H16N2O3S2. The maximum absolute atomic E-state index is 12.2. The van der Waals surface area contributed by atoms with Gasteiger partial charge in [-0.1, -0.05) is 6.07 Å². The van der Waals surface area contributed by atoms with Gasteiger partial charge in [0.05, 0.1) is 10.5 Å². The Balaban J connectivity index is 2.32. The molecule has 1 heterocycles. The van der Waals surface area contributed by atoms with Gasteiger partial charge >= 0.3 is 0 Å². The van der Waals surface area contributed by atoms with E-state index in [2.05, 4.69) is 5.32 Å². The third-order valence-corrected chi connectivity index (χ3v) is 5.06. The van der Waals surface area contributed by atoms with Gasteiger partial charge in [-0.15, -0.1) is 11.3 Å². The molecule has 0 aliphatic heterocycles. The van der Waals surface area contributed by atoms with E-state index in [1.165, 1.54) is 6.07 Å². The van der Waals surface area contributed by atoms with Gasteiger partial charge in [-0.25, -0.2) is 13.6 Å². The number of nitrogens with two attached hydrogens (primary N) is 1. The Morgan fingerprint density at radius 2 is 1.86 bits per heavy atom. The Bertz CT molecular complexity index is 808. The molecule has 0 spiro atoms. The summed E-state index contributed by atoms with van der Waals surface area (Å²) in [5.74, 6) is -0.263. The van der Waals surface area contributed by atoms with Crippen molar-refractivity contribution < 1.29 is 13.2 Å². The standard InChI is InChI=1S/C14H16N2O3S2/c1-8-4-5-11(7-13(8)21(15,18)19)16-14(17)12-6-9(2)20-10(12)3/h4-7H,1-3H3,(H,16,17)(H2,15,18,19). The minimum Gasteiger partial charge on any atom is -0.322 e. The molecule has 1 amide bonds. The van der Waals surface area contributed by atoms with E-state index in [-0.39, 0.29) is 10.8 Å². The van der Waals surface area contributed by atoms with E-state index in [9.17, 15) is 13.2 Å². The van der Waals surface area contributed by atoms with Crippen molar-refractivity contribution in [3.63, 3.8) is 0 Å². The van der Waals surface area contributed by atoms with E-state index in [0.29, 0.717) is 16.8 Å². The van der Waals surface area contributed by atoms with Crippen LogP contribution < -0.4 is 10.5 Å². The number of hydrogen-bond donors (Lipinski definition) is 2. The average Bonchev–Trinajstić information content (AvgIpc) is 2.69. The molecule has 0 radical (unpaired) electrons. The molecule has 1 aromatic carbocycles. The second-order valence-electron chi connectivity index (χ2n) is 4.81. The van der Waals surface area contributed by atoms with Gasteiger partial charge < -0.3 is 5.32 Å². The number of anilines is 1. The molecule has 0 unspecified atom stereocenters. The summed E-state index contributed by atoms with van der Waals surface area (Å²) in [5.41, 5.74) is 1.53. The number of sulfonamides is 1. The third kappa shape index (κ3) is 3.49. The molecule has 2 rings (SSSR count). The molecule has 3 N–H and O–H groups in total. The summed E-state index contributed by atoms with van der Waals surface area (Å²) in [6, 6.07) is 6.44. The minimum atomic E-state index is -3.81. The van der Waals surface area contributed by atoms with Crippen molar-refractivity contribution in [2.24, 2.45) is 5.14 Å². The number of aryl methyl sites for hydroxylation is 3. The monoisotopic (exact) mass is 324 g/mol. The Morgan fingerprint density at radius 3 is 2.38 bits per heavy atom. The molecular weight excluding hydrogens is 308 g/mol. The molecule has 0 aliphatic carbocycles. The Labute approximate surface area is 127 Å². The Hall–Kier alpha value is -1.70. The van der Waals surface area contributed by atoms with E-state index in [0.717, 1.165) is 9.75 Å². The second-order valence-corrected chi connectivity index (χ2v) is 7.80. The van der Waals surface area contributed by atoms with Crippen LogP contribution in [0.1, 0.15) is 25.7 Å². The van der Waals surface area contributed by atoms with Crippen molar-refractivity contribution in [3.05, 3.63) is 45.1 Å². The Morgan fingerprint density at radius 1 is 1.19 bits per heavy atom. The lowest BCUT2D eigenvalue weighted by Crippen LogP contribution is -2.16. The molecule has 112 valence electrons. The van der Waals surface area contributed by atoms with Gasteiger partial charge in [0, 0.05) is 15.4 Å². The highest BCUT2D eigenvalue weighted by Gasteiger charge is 2.15. The normalized spacial score (nSPS) is 11.4. The summed E-state index contributed by atoms with van der Waals surface area (Å²) in [5, 5.41) is 7.86. The van der Waals surface area contributed by atoms with Gasteiger partial charge in [0.2, 0.25) is 10.0 Å². The quantitative estimate of drug-likeness (QED) is 0.909. The third-order valence-electron chi connectivity index (χ3n) is 3.04. The maximum Gasteiger partial charge on any atom is 0.256 e. The minimum absolute atomic E-state index is 0.0125. The van der Waals surface area contributed by atoms with E-state index in [1.54, 1.807) is 30.4 Å². The highest BCUT2D eigenvalue weighted by molar-refractivity contribution is 7.89. The summed E-state index contributed by atoms with van der Waals surface area (Å²) in [7, 11) is -3.81. The number of benzene rings is 1. The molecule has 5 nitrogen and oxygen atoms in total. The molecule has 21 heavy (non-hydrogen) atoms. The maximum atomic E-state index is 12.2. The lowest BCUT2D eigenvalue weighted by Gasteiger charge is -2.08. The van der Waals surface area contributed by atoms with Crippen LogP contribution in [-0.4, -0.2) is 14.3 Å². The van der Waals surface area contributed by atoms with Gasteiger partial charge in [0.1, 0.15) is 0 Å². The van der Waals surface area contributed by atoms with Crippen molar-refractivity contribution in [3.8, 4) is 0 Å². The van der Waals surface area contributed by atoms with Crippen molar-refractivity contribution in [2.75, 3.05) is 5.32 Å². The van der Waals surface area contributed by atoms with E-state index >= 15 is 0 Å². The van der Waals surface area contributed by atoms with Gasteiger partial charge in [0.25, 0.3) is 5.91 Å². The van der Waals surface area contributed by atoms with E-state index in [1.807, 2.05) is 19.9 Å². The molecule has 0 fully saturated rings. The topological polar surface area (TPSA) is 89.3 Å². The van der Waals surface area contributed by atoms with Crippen LogP contribution in [0.2, 0.25) is 0 Å². The first kappa shape index (κ1) is 15.7. The number of carbonyl (C=O) groups excluding carboxylic acids is 1. The fourth-order valence-corrected chi connectivity index (χ4v) is 3.77. The SMILES string of the molecule is Cc1cc(C(=O)Nc2ccc(C)c(S(N)(=O)=O)c2)c(C)s1. The lowest BCUT2D eigenvalue weighted by atomic mass is 10.2. The van der Waals surface area contributed by atoms with Crippen molar-refractivity contribution in [1.82, 2.24) is 0 Å². The zero-order valence-corrected chi connectivity index (χ0v) is 13.6. The number of primary sulfonamides is 1. The van der Waals surface area contributed by atoms with Crippen molar-refractivity contribution >= 4 is 33.0 Å². The summed E-state index contributed by atoms with van der Waals surface area (Å²) < 4.78 is 23.0. The first-order valence-corrected chi connectivity index (χ1v) is 8.56. The predicted molar refractivity (Wildman–Crippen MR) is 84.3 cm³/mol. The highest BCUT2D eigenvalue weighted by atomic mass is 32.2. The van der Waals surface area contributed by atoms with Crippen LogP contribution in [0.5, 0.6) is 0 Å². The summed E-state index contributed by atoms with van der Waals surface area (Å²) in [6.45, 7) is 5.45. The predicted octanol–water partition coefficient (Wildman–Crippen LogP) is 2.57. The smallest absolute Gasteiger partial charge is 0.256 e. The fraction of sp³-hybridized carbons (Fsp3) is 0.214. The van der Waals surface area contributed by atoms with Gasteiger partial charge in [0.15, 0.2) is 0 Å². The summed E-state index contributed by atoms with van der Waals surface area (Å²) in [6.07, 6.45) is 0. The molecule has 0 saturated heterocycles. The summed E-state index contributed by atoms with van der Waals surface area (Å²) in [4.78, 5) is 14.2. The summed E-state index contributed by atoms with van der Waals surface area (Å²) >= 11 is 1.54. The van der Waals surface area contributed by atoms with Crippen LogP contribution >= 0.6 is 11.3 Å². The number of hydrogen-bond acceptors (Lipinski definition) is 4. The first-order chi connectivity index (χ1) is 9.68. The highest BCUT2D eigenvalue weighted by Crippen LogP contribution is 2.23. The second kappa shape index (κ2) is 5.59. The molecule has 7 heteroatoms. The lowest BCUT2D eigenvalue weighted by molar-refractivity contribution is 0.102. The first-order valence-electron chi connectivity index (χ1n) is 6.20. The van der Waals surface area contributed by atoms with E-state index < -0.39 is 10.0 Å². The number of nitrogens with one attached hydrogen (secondary N) is 1. The average molecular weight is 324 g/mol. The van der Waals surface area contributed by atoms with Crippen molar-refractivity contribution in [1.29, 1.82) is 0 Å². The molecule has 1 aromatic heterocycles. The van der Waals surface area contributed by atoms with Crippen LogP contribution in [0, 0.1) is 20.8 Å². The molecule has 2 aromatic rings. The van der Waals surface area contributed by atoms with Crippen LogP contribution in [0.25, 0.3) is 0 Å². The number of thiophene rings is 1. The fourth-order valence-electron chi connectivity index (χ4n) is 2.04. The van der Waals surface area contributed by atoms with Crippen molar-refractivity contribution in [2.45, 2.75) is 25.7 Å². The molecule has 0 bridgehead atoms. The van der Waals surface area contributed by atoms with Gasteiger partial charge in [-0.05, 0) is 44.5 Å². The zero-order chi connectivity index (χ0) is 15.8. The van der Waals surface area contributed by atoms with Gasteiger partial charge in [-0.3, -0.25) is 4.79 Å². The van der Waals surface area contributed by atoms with E-state index in [4.69, 9.17) is 5.14 Å². The molecule has 0 atom stereocenters. The molecule has 0 aliphatic rings. The zero-order valence-electron chi connectivity index (χ0n) is 11.9. The van der Waals surface area contributed by atoms with Crippen LogP contribution in [0.4, 0.5) is 5.69 Å². The van der Waals surface area contributed by atoms with Crippen LogP contribution in [0.3, 0.4) is 0 Å². The number of rotatable bonds is 3. The van der Waals surface area contributed by atoms with Gasteiger partial charge in [-0.2, -0.15) is 0 Å². The number of amides is 1.